The third-order valence-electron chi connectivity index (χ3n) is 4.75. The van der Waals surface area contributed by atoms with Crippen molar-refractivity contribution >= 4 is 40.9 Å². The van der Waals surface area contributed by atoms with Gasteiger partial charge in [0.1, 0.15) is 18.2 Å². The van der Waals surface area contributed by atoms with Gasteiger partial charge in [-0.3, -0.25) is 4.79 Å². The van der Waals surface area contributed by atoms with Gasteiger partial charge in [-0.1, -0.05) is 58.6 Å². The van der Waals surface area contributed by atoms with E-state index in [9.17, 15) is 10.1 Å². The highest BCUT2D eigenvalue weighted by atomic mass is 35.5. The predicted molar refractivity (Wildman–Crippen MR) is 137 cm³/mol. The second kappa shape index (κ2) is 11.6. The summed E-state index contributed by atoms with van der Waals surface area (Å²) in [7, 11) is 0. The smallest absolute Gasteiger partial charge is 0.266 e. The summed E-state index contributed by atoms with van der Waals surface area (Å²) < 4.78 is 11.7. The molecular formula is C27H24Cl2N2O3. The second-order valence-corrected chi connectivity index (χ2v) is 8.53. The molecule has 0 bridgehead atoms. The number of halogens is 2. The summed E-state index contributed by atoms with van der Waals surface area (Å²) >= 11 is 12.5. The first kappa shape index (κ1) is 25.2. The average Bonchev–Trinajstić information content (AvgIpc) is 2.76. The Morgan fingerprint density at radius 3 is 2.44 bits per heavy atom. The monoisotopic (exact) mass is 494 g/mol. The lowest BCUT2D eigenvalue weighted by molar-refractivity contribution is -0.112. The van der Waals surface area contributed by atoms with E-state index >= 15 is 0 Å². The van der Waals surface area contributed by atoms with Gasteiger partial charge in [0, 0.05) is 10.7 Å². The zero-order valence-corrected chi connectivity index (χ0v) is 20.6. The van der Waals surface area contributed by atoms with Crippen LogP contribution in [0.15, 0.2) is 60.2 Å². The summed E-state index contributed by atoms with van der Waals surface area (Å²) in [5, 5.41) is 13.0. The summed E-state index contributed by atoms with van der Waals surface area (Å²) in [6.45, 7) is 6.63. The maximum Gasteiger partial charge on any atom is 0.266 e. The molecule has 5 nitrogen and oxygen atoms in total. The highest BCUT2D eigenvalue weighted by molar-refractivity contribution is 6.32. The van der Waals surface area contributed by atoms with Gasteiger partial charge in [0.2, 0.25) is 0 Å². The fourth-order valence-electron chi connectivity index (χ4n) is 3.46. The topological polar surface area (TPSA) is 71.3 Å². The van der Waals surface area contributed by atoms with Crippen molar-refractivity contribution in [3.8, 4) is 17.6 Å². The first-order chi connectivity index (χ1) is 16.3. The van der Waals surface area contributed by atoms with Crippen LogP contribution in [0, 0.1) is 25.2 Å². The van der Waals surface area contributed by atoms with Crippen LogP contribution >= 0.6 is 23.2 Å². The van der Waals surface area contributed by atoms with Crippen LogP contribution in [0.25, 0.3) is 6.08 Å². The average molecular weight is 495 g/mol. The molecule has 0 aromatic heterocycles. The van der Waals surface area contributed by atoms with Crippen molar-refractivity contribution in [1.29, 1.82) is 5.26 Å². The summed E-state index contributed by atoms with van der Waals surface area (Å²) in [4.78, 5) is 12.6. The Bertz CT molecular complexity index is 1260. The molecule has 0 radical (unpaired) electrons. The number of ether oxygens (including phenoxy) is 2. The number of hydrogen-bond donors (Lipinski definition) is 1. The van der Waals surface area contributed by atoms with Crippen LogP contribution in [0.3, 0.4) is 0 Å². The number of nitrogens with zero attached hydrogens (tertiary/aromatic N) is 1. The van der Waals surface area contributed by atoms with Crippen LogP contribution in [0.1, 0.15) is 29.2 Å². The number of carbonyl (C=O) groups is 1. The fraction of sp³-hybridized carbons (Fsp3) is 0.185. The molecule has 0 unspecified atom stereocenters. The van der Waals surface area contributed by atoms with E-state index in [0.717, 1.165) is 16.7 Å². The van der Waals surface area contributed by atoms with Crippen LogP contribution in [0.4, 0.5) is 5.69 Å². The molecule has 174 valence electrons. The molecule has 1 N–H and O–H groups in total. The van der Waals surface area contributed by atoms with E-state index < -0.39 is 5.91 Å². The molecule has 0 aliphatic heterocycles. The minimum absolute atomic E-state index is 0.0950. The molecule has 0 saturated heterocycles. The molecule has 0 fully saturated rings. The third-order valence-corrected chi connectivity index (χ3v) is 5.27. The van der Waals surface area contributed by atoms with Gasteiger partial charge >= 0.3 is 0 Å². The van der Waals surface area contributed by atoms with Crippen LogP contribution < -0.4 is 14.8 Å². The van der Waals surface area contributed by atoms with Crippen molar-refractivity contribution in [3.63, 3.8) is 0 Å². The van der Waals surface area contributed by atoms with Crippen LogP contribution in [0.5, 0.6) is 11.5 Å². The summed E-state index contributed by atoms with van der Waals surface area (Å²) in [5.41, 5.74) is 4.24. The van der Waals surface area contributed by atoms with Crippen LogP contribution in [0.2, 0.25) is 10.0 Å². The zero-order valence-electron chi connectivity index (χ0n) is 19.1. The molecule has 3 aromatic rings. The maximum atomic E-state index is 12.6. The molecule has 0 atom stereocenters. The van der Waals surface area contributed by atoms with E-state index in [1.165, 1.54) is 6.08 Å². The number of rotatable bonds is 8. The molecule has 3 aromatic carbocycles. The van der Waals surface area contributed by atoms with Crippen molar-refractivity contribution in [2.45, 2.75) is 27.4 Å². The van der Waals surface area contributed by atoms with Crippen molar-refractivity contribution in [2.24, 2.45) is 0 Å². The Hall–Kier alpha value is -3.46. The normalized spacial score (nSPS) is 11.0. The Kier molecular flexibility index (Phi) is 8.59. The number of nitrogens with one attached hydrogen (secondary N) is 1. The third kappa shape index (κ3) is 6.77. The lowest BCUT2D eigenvalue weighted by atomic mass is 10.1. The second-order valence-electron chi connectivity index (χ2n) is 7.68. The molecule has 7 heteroatoms. The van der Waals surface area contributed by atoms with Gasteiger partial charge in [0.05, 0.1) is 11.6 Å². The number of benzene rings is 3. The number of carbonyl (C=O) groups excluding carboxylic acids is 1. The summed E-state index contributed by atoms with van der Waals surface area (Å²) in [5.74, 6) is 0.272. The number of anilines is 1. The molecule has 34 heavy (non-hydrogen) atoms. The van der Waals surface area contributed by atoms with Crippen LogP contribution in [-0.2, 0) is 11.4 Å². The first-order valence-electron chi connectivity index (χ1n) is 10.6. The van der Waals surface area contributed by atoms with Crippen LogP contribution in [-0.4, -0.2) is 12.5 Å². The van der Waals surface area contributed by atoms with E-state index in [1.54, 1.807) is 36.4 Å². The summed E-state index contributed by atoms with van der Waals surface area (Å²) in [6.07, 6.45) is 1.45. The van der Waals surface area contributed by atoms with Crippen molar-refractivity contribution in [1.82, 2.24) is 0 Å². The van der Waals surface area contributed by atoms with E-state index in [0.29, 0.717) is 46.0 Å². The minimum atomic E-state index is -0.561. The van der Waals surface area contributed by atoms with Gasteiger partial charge < -0.3 is 14.8 Å². The molecule has 1 amide bonds. The molecule has 0 spiro atoms. The standard InChI is InChI=1S/C27H24Cl2N2O3/c1-4-33-25-13-19(11-21(15-30)27(32)31-23-7-5-6-22(28)14-23)12-24(29)26(25)34-16-20-9-17(2)8-18(3)10-20/h5-14H,4,16H2,1-3H3,(H,31,32)/b21-11+. The highest BCUT2D eigenvalue weighted by Gasteiger charge is 2.15. The van der Waals surface area contributed by atoms with Crippen molar-refractivity contribution in [2.75, 3.05) is 11.9 Å². The zero-order chi connectivity index (χ0) is 24.7. The van der Waals surface area contributed by atoms with Gasteiger partial charge in [-0.15, -0.1) is 0 Å². The molecule has 0 aliphatic carbocycles. The van der Waals surface area contributed by atoms with E-state index in [-0.39, 0.29) is 5.57 Å². The fourth-order valence-corrected chi connectivity index (χ4v) is 3.93. The molecule has 0 heterocycles. The Balaban J connectivity index is 1.86. The lowest BCUT2D eigenvalue weighted by Crippen LogP contribution is -2.13. The van der Waals surface area contributed by atoms with Gasteiger partial charge in [-0.2, -0.15) is 5.26 Å². The maximum absolute atomic E-state index is 12.6. The van der Waals surface area contributed by atoms with Gasteiger partial charge in [-0.25, -0.2) is 0 Å². The summed E-state index contributed by atoms with van der Waals surface area (Å²) in [6, 6.07) is 18.1. The van der Waals surface area contributed by atoms with Gasteiger partial charge in [0.25, 0.3) is 5.91 Å². The Morgan fingerprint density at radius 1 is 1.06 bits per heavy atom. The SMILES string of the molecule is CCOc1cc(/C=C(\C#N)C(=O)Nc2cccc(Cl)c2)cc(Cl)c1OCc1cc(C)cc(C)c1. The number of amides is 1. The van der Waals surface area contributed by atoms with Crippen molar-refractivity contribution < 1.29 is 14.3 Å². The molecule has 3 rings (SSSR count). The van der Waals surface area contributed by atoms with Crippen molar-refractivity contribution in [3.05, 3.63) is 92.5 Å². The van der Waals surface area contributed by atoms with Gasteiger partial charge in [-0.05, 0) is 68.3 Å². The first-order valence-corrected chi connectivity index (χ1v) is 11.4. The van der Waals surface area contributed by atoms with Gasteiger partial charge in [0.15, 0.2) is 11.5 Å². The minimum Gasteiger partial charge on any atom is -0.490 e. The quantitative estimate of drug-likeness (QED) is 0.267. The van der Waals surface area contributed by atoms with E-state index in [1.807, 2.05) is 26.8 Å². The molecule has 0 aliphatic rings. The Morgan fingerprint density at radius 2 is 1.79 bits per heavy atom. The Labute approximate surface area is 209 Å². The lowest BCUT2D eigenvalue weighted by Gasteiger charge is -2.15. The predicted octanol–water partition coefficient (Wildman–Crippen LogP) is 7.13. The highest BCUT2D eigenvalue weighted by Crippen LogP contribution is 2.38. The number of aryl methyl sites for hydroxylation is 2. The van der Waals surface area contributed by atoms with E-state index in [2.05, 4.69) is 23.5 Å². The number of nitriles is 1. The van der Waals surface area contributed by atoms with E-state index in [4.69, 9.17) is 32.7 Å². The molecular weight excluding hydrogens is 471 g/mol. The largest absolute Gasteiger partial charge is 0.490 e. The number of hydrogen-bond acceptors (Lipinski definition) is 4. The molecule has 0 saturated carbocycles.